The molecule has 0 bridgehead atoms. The average Bonchev–Trinajstić information content (AvgIpc) is 3.67. The lowest BCUT2D eigenvalue weighted by atomic mass is 10.0. The Hall–Kier alpha value is -4.12. The van der Waals surface area contributed by atoms with E-state index in [0.29, 0.717) is 17.7 Å². The molecule has 1 fully saturated rings. The summed E-state index contributed by atoms with van der Waals surface area (Å²) in [4.78, 5) is 41.6. The van der Waals surface area contributed by atoms with Crippen molar-refractivity contribution in [2.75, 3.05) is 24.7 Å². The van der Waals surface area contributed by atoms with E-state index in [9.17, 15) is 18.8 Å². The molecule has 1 aromatic heterocycles. The topological polar surface area (TPSA) is 120 Å². The molecular formula is C29H29F2N5O3S. The van der Waals surface area contributed by atoms with Gasteiger partial charge in [0.05, 0.1) is 12.6 Å². The van der Waals surface area contributed by atoms with Crippen molar-refractivity contribution >= 4 is 41.1 Å². The molecule has 11 heteroatoms. The Balaban J connectivity index is 1.33. The van der Waals surface area contributed by atoms with Gasteiger partial charge in [-0.1, -0.05) is 30.3 Å². The molecule has 0 unspecified atom stereocenters. The Morgan fingerprint density at radius 2 is 2.00 bits per heavy atom. The fraction of sp³-hybridized carbons (Fsp3) is 0.310. The van der Waals surface area contributed by atoms with Crippen LogP contribution in [0.5, 0.6) is 0 Å². The van der Waals surface area contributed by atoms with Crippen LogP contribution in [0.3, 0.4) is 0 Å². The van der Waals surface area contributed by atoms with Gasteiger partial charge >= 0.3 is 0 Å². The van der Waals surface area contributed by atoms with Gasteiger partial charge in [-0.05, 0) is 53.8 Å². The molecular weight excluding hydrogens is 536 g/mol. The van der Waals surface area contributed by atoms with E-state index in [4.69, 9.17) is 11.1 Å². The van der Waals surface area contributed by atoms with Gasteiger partial charge in [0.25, 0.3) is 0 Å². The van der Waals surface area contributed by atoms with Crippen molar-refractivity contribution in [3.63, 3.8) is 0 Å². The number of rotatable bonds is 9. The number of likely N-dealkylation sites (tertiary alicyclic amines) is 1. The van der Waals surface area contributed by atoms with E-state index in [1.54, 1.807) is 24.4 Å². The Labute approximate surface area is 234 Å². The second kappa shape index (κ2) is 10.8. The lowest BCUT2D eigenvalue weighted by molar-refractivity contribution is -0.138. The van der Waals surface area contributed by atoms with Crippen LogP contribution >= 0.6 is 11.3 Å². The number of amidine groups is 1. The number of hydrogen-bond donors (Lipinski definition) is 3. The van der Waals surface area contributed by atoms with Crippen molar-refractivity contribution in [2.24, 2.45) is 5.73 Å². The Morgan fingerprint density at radius 3 is 2.70 bits per heavy atom. The highest BCUT2D eigenvalue weighted by Crippen LogP contribution is 2.39. The van der Waals surface area contributed by atoms with E-state index in [2.05, 4.69) is 5.32 Å². The average molecular weight is 566 g/mol. The second-order valence-electron chi connectivity index (χ2n) is 10.3. The van der Waals surface area contributed by atoms with E-state index < -0.39 is 55.8 Å². The van der Waals surface area contributed by atoms with Gasteiger partial charge in [0.2, 0.25) is 18.2 Å². The number of amides is 3. The maximum Gasteiger partial charge on any atom is 0.243 e. The first kappa shape index (κ1) is 27.4. The van der Waals surface area contributed by atoms with Crippen LogP contribution in [-0.4, -0.2) is 60.4 Å². The number of thiophene rings is 1. The molecule has 1 aliphatic heterocycles. The number of nitrogens with two attached hydrogens (primary N) is 1. The van der Waals surface area contributed by atoms with Crippen molar-refractivity contribution in [2.45, 2.75) is 37.5 Å². The van der Waals surface area contributed by atoms with E-state index in [1.807, 2.05) is 36.4 Å². The van der Waals surface area contributed by atoms with E-state index in [1.165, 1.54) is 21.8 Å². The van der Waals surface area contributed by atoms with Crippen molar-refractivity contribution in [3.8, 4) is 11.1 Å². The SMILES string of the molecule is C[C@@H](NC(=O)[C@@H]1C[C@](F)(CF)CN1C(=O)CN(C=O)c1ccc2c(c1)-c1ccccc1C2)c1cc(C(=N)N)cs1. The number of nitrogens with one attached hydrogen (secondary N) is 2. The van der Waals surface area contributed by atoms with E-state index >= 15 is 4.39 Å². The molecule has 5 rings (SSSR count). The van der Waals surface area contributed by atoms with Crippen LogP contribution in [0.15, 0.2) is 53.9 Å². The Morgan fingerprint density at radius 1 is 1.25 bits per heavy atom. The molecule has 4 N–H and O–H groups in total. The summed E-state index contributed by atoms with van der Waals surface area (Å²) in [6, 6.07) is 13.4. The van der Waals surface area contributed by atoms with Crippen LogP contribution in [0.25, 0.3) is 11.1 Å². The zero-order valence-corrected chi connectivity index (χ0v) is 22.6. The molecule has 0 saturated carbocycles. The molecule has 40 heavy (non-hydrogen) atoms. The fourth-order valence-electron chi connectivity index (χ4n) is 5.35. The summed E-state index contributed by atoms with van der Waals surface area (Å²) < 4.78 is 28.8. The number of nitrogen functional groups attached to an aromatic ring is 1. The van der Waals surface area contributed by atoms with Gasteiger partial charge in [0.1, 0.15) is 25.1 Å². The van der Waals surface area contributed by atoms with Gasteiger partial charge in [-0.2, -0.15) is 0 Å². The summed E-state index contributed by atoms with van der Waals surface area (Å²) in [5, 5.41) is 12.0. The molecule has 2 aliphatic rings. The highest BCUT2D eigenvalue weighted by Gasteiger charge is 2.50. The summed E-state index contributed by atoms with van der Waals surface area (Å²) in [6.07, 6.45) is 0.806. The number of nitrogens with zero attached hydrogens (tertiary/aromatic N) is 2. The molecule has 1 saturated heterocycles. The highest BCUT2D eigenvalue weighted by molar-refractivity contribution is 7.10. The monoisotopic (exact) mass is 565 g/mol. The summed E-state index contributed by atoms with van der Waals surface area (Å²) in [6.45, 7) is -0.650. The summed E-state index contributed by atoms with van der Waals surface area (Å²) in [5.41, 5.74) is 8.48. The van der Waals surface area contributed by atoms with Gasteiger partial charge in [-0.3, -0.25) is 19.8 Å². The smallest absolute Gasteiger partial charge is 0.243 e. The second-order valence-corrected chi connectivity index (χ2v) is 11.3. The number of halogens is 2. The van der Waals surface area contributed by atoms with Crippen LogP contribution in [0.4, 0.5) is 14.5 Å². The lowest BCUT2D eigenvalue weighted by Crippen LogP contribution is -2.49. The first-order chi connectivity index (χ1) is 19.1. The van der Waals surface area contributed by atoms with Crippen LogP contribution in [-0.2, 0) is 20.8 Å². The quantitative estimate of drug-likeness (QED) is 0.163. The van der Waals surface area contributed by atoms with Crippen molar-refractivity contribution in [3.05, 3.63) is 75.5 Å². The maximum absolute atomic E-state index is 15.2. The summed E-state index contributed by atoms with van der Waals surface area (Å²) >= 11 is 1.30. The molecule has 0 radical (unpaired) electrons. The predicted molar refractivity (Wildman–Crippen MR) is 150 cm³/mol. The third kappa shape index (κ3) is 5.21. The predicted octanol–water partition coefficient (Wildman–Crippen LogP) is 3.72. The standard InChI is InChI=1S/C29H29F2N5O3S/c1-17(25-9-20(13-40-25)27(32)33)34-28(39)24-11-29(31,14-30)15-36(24)26(38)12-35(16-37)21-7-6-19-8-18-4-2-3-5-22(18)23(19)10-21/h2-7,9-10,13,16-17,24H,8,11-12,14-15H2,1H3,(H3,32,33)(H,34,39)/t17-,24+,29+/m1/s1. The minimum Gasteiger partial charge on any atom is -0.384 e. The van der Waals surface area contributed by atoms with E-state index in [0.717, 1.165) is 32.9 Å². The van der Waals surface area contributed by atoms with Crippen molar-refractivity contribution in [1.29, 1.82) is 5.41 Å². The number of alkyl halides is 2. The van der Waals surface area contributed by atoms with Gasteiger partial charge in [0, 0.05) is 27.9 Å². The molecule has 3 atom stereocenters. The summed E-state index contributed by atoms with van der Waals surface area (Å²) in [5.74, 6) is -1.40. The molecule has 0 spiro atoms. The minimum atomic E-state index is -2.37. The Bertz CT molecular complexity index is 1490. The normalized spacial score (nSPS) is 20.0. The molecule has 2 heterocycles. The van der Waals surface area contributed by atoms with Crippen LogP contribution in [0.2, 0.25) is 0 Å². The lowest BCUT2D eigenvalue weighted by Gasteiger charge is -2.27. The molecule has 3 amide bonds. The molecule has 3 aromatic rings. The van der Waals surface area contributed by atoms with Crippen molar-refractivity contribution in [1.82, 2.24) is 10.2 Å². The number of carbonyl (C=O) groups excluding carboxylic acids is 3. The molecule has 208 valence electrons. The number of anilines is 1. The van der Waals surface area contributed by atoms with E-state index in [-0.39, 0.29) is 5.84 Å². The van der Waals surface area contributed by atoms with Gasteiger partial charge < -0.3 is 20.9 Å². The molecule has 8 nitrogen and oxygen atoms in total. The molecule has 2 aromatic carbocycles. The van der Waals surface area contributed by atoms with Crippen LogP contribution in [0.1, 0.15) is 41.0 Å². The highest BCUT2D eigenvalue weighted by atomic mass is 32.1. The first-order valence-corrected chi connectivity index (χ1v) is 13.7. The number of carbonyl (C=O) groups is 3. The largest absolute Gasteiger partial charge is 0.384 e. The van der Waals surface area contributed by atoms with Crippen LogP contribution < -0.4 is 16.0 Å². The van der Waals surface area contributed by atoms with Gasteiger partial charge in [-0.25, -0.2) is 8.78 Å². The number of hydrogen-bond acceptors (Lipinski definition) is 5. The maximum atomic E-state index is 15.2. The zero-order valence-electron chi connectivity index (χ0n) is 21.8. The van der Waals surface area contributed by atoms with Crippen molar-refractivity contribution < 1.29 is 23.2 Å². The Kier molecular flexibility index (Phi) is 7.41. The third-order valence-electron chi connectivity index (χ3n) is 7.51. The molecule has 1 aliphatic carbocycles. The number of fused-ring (bicyclic) bond motifs is 3. The first-order valence-electron chi connectivity index (χ1n) is 12.8. The minimum absolute atomic E-state index is 0.105. The van der Waals surface area contributed by atoms with Gasteiger partial charge in [0.15, 0.2) is 5.67 Å². The fourth-order valence-corrected chi connectivity index (χ4v) is 6.26. The zero-order chi connectivity index (χ0) is 28.6. The number of benzene rings is 2. The third-order valence-corrected chi connectivity index (χ3v) is 8.63. The van der Waals surface area contributed by atoms with Gasteiger partial charge in [-0.15, -0.1) is 11.3 Å². The summed E-state index contributed by atoms with van der Waals surface area (Å²) in [7, 11) is 0. The van der Waals surface area contributed by atoms with Crippen LogP contribution in [0, 0.1) is 5.41 Å².